The molecule has 0 bridgehead atoms. The van der Waals surface area contributed by atoms with E-state index in [-0.39, 0.29) is 17.9 Å². The highest BCUT2D eigenvalue weighted by Crippen LogP contribution is 2.24. The number of nitrogen functional groups attached to an aromatic ring is 1. The molecule has 5 rings (SSSR count). The molecule has 0 fully saturated rings. The zero-order valence-electron chi connectivity index (χ0n) is 19.5. The minimum Gasteiger partial charge on any atom is -0.383 e. The van der Waals surface area contributed by atoms with Crippen molar-refractivity contribution >= 4 is 27.6 Å². The molecule has 0 spiro atoms. The second-order valence-electron chi connectivity index (χ2n) is 8.37. The molecule has 3 N–H and O–H groups in total. The van der Waals surface area contributed by atoms with E-state index in [0.717, 1.165) is 16.5 Å². The SMILES string of the molecule is Cc1cccnc1-n1c(Cn2nc(C#C[C@@H](C)O)c3c(N)ncnc32)cc2cccc(C)c2c1=O. The van der Waals surface area contributed by atoms with E-state index in [2.05, 4.69) is 31.9 Å². The van der Waals surface area contributed by atoms with Gasteiger partial charge in [0, 0.05) is 6.20 Å². The van der Waals surface area contributed by atoms with Gasteiger partial charge in [0.1, 0.15) is 29.8 Å². The van der Waals surface area contributed by atoms with Gasteiger partial charge in [-0.1, -0.05) is 30.2 Å². The van der Waals surface area contributed by atoms with Gasteiger partial charge in [0.05, 0.1) is 23.0 Å². The highest BCUT2D eigenvalue weighted by molar-refractivity contribution is 5.90. The summed E-state index contributed by atoms with van der Waals surface area (Å²) in [5, 5.41) is 16.2. The van der Waals surface area contributed by atoms with E-state index < -0.39 is 6.10 Å². The van der Waals surface area contributed by atoms with Gasteiger partial charge in [0.2, 0.25) is 0 Å². The summed E-state index contributed by atoms with van der Waals surface area (Å²) >= 11 is 0. The maximum atomic E-state index is 13.8. The quantitative estimate of drug-likeness (QED) is 0.392. The summed E-state index contributed by atoms with van der Waals surface area (Å²) in [7, 11) is 0. The van der Waals surface area contributed by atoms with Crippen molar-refractivity contribution < 1.29 is 5.11 Å². The zero-order valence-corrected chi connectivity index (χ0v) is 19.5. The molecule has 9 heteroatoms. The van der Waals surface area contributed by atoms with E-state index in [1.165, 1.54) is 6.33 Å². The number of benzene rings is 1. The largest absolute Gasteiger partial charge is 0.383 e. The molecule has 9 nitrogen and oxygen atoms in total. The molecule has 1 aromatic carbocycles. The van der Waals surface area contributed by atoms with Crippen molar-refractivity contribution in [3.05, 3.63) is 81.8 Å². The Hall–Kier alpha value is -4.55. The van der Waals surface area contributed by atoms with E-state index in [9.17, 15) is 9.90 Å². The van der Waals surface area contributed by atoms with Crippen LogP contribution in [0.5, 0.6) is 0 Å². The zero-order chi connectivity index (χ0) is 24.7. The van der Waals surface area contributed by atoms with E-state index >= 15 is 0 Å². The van der Waals surface area contributed by atoms with Crippen LogP contribution >= 0.6 is 0 Å². The number of aryl methyl sites for hydroxylation is 2. The number of rotatable bonds is 3. The van der Waals surface area contributed by atoms with Gasteiger partial charge in [0.15, 0.2) is 5.65 Å². The molecule has 0 amide bonds. The van der Waals surface area contributed by atoms with Gasteiger partial charge in [-0.25, -0.2) is 19.6 Å². The van der Waals surface area contributed by atoms with Crippen molar-refractivity contribution in [1.82, 2.24) is 29.3 Å². The summed E-state index contributed by atoms with van der Waals surface area (Å²) in [5.74, 6) is 6.35. The Morgan fingerprint density at radius 3 is 2.66 bits per heavy atom. The lowest BCUT2D eigenvalue weighted by molar-refractivity contribution is 0.253. The summed E-state index contributed by atoms with van der Waals surface area (Å²) < 4.78 is 3.27. The first-order valence-electron chi connectivity index (χ1n) is 11.1. The predicted molar refractivity (Wildman–Crippen MR) is 134 cm³/mol. The van der Waals surface area contributed by atoms with Crippen LogP contribution in [0.4, 0.5) is 5.82 Å². The first kappa shape index (κ1) is 22.3. The topological polar surface area (TPSA) is 125 Å². The van der Waals surface area contributed by atoms with Gasteiger partial charge in [-0.05, 0) is 55.3 Å². The first-order chi connectivity index (χ1) is 16.8. The van der Waals surface area contributed by atoms with Crippen LogP contribution in [0, 0.1) is 25.7 Å². The summed E-state index contributed by atoms with van der Waals surface area (Å²) in [6, 6.07) is 11.5. The smallest absolute Gasteiger partial charge is 0.264 e. The fourth-order valence-electron chi connectivity index (χ4n) is 4.20. The Bertz CT molecular complexity index is 1720. The Labute approximate surface area is 200 Å². The standard InChI is InChI=1S/C26H23N7O2/c1-15-6-4-8-18-12-19(33(26(35)21(15)18)24-16(2)7-5-11-28-24)13-32-25-22(23(27)29-14-30-25)20(31-32)10-9-17(3)34/h4-8,11-12,14,17,34H,13H2,1-3H3,(H2,27,29,30)/t17-/m1/s1. The fraction of sp³-hybridized carbons (Fsp3) is 0.192. The van der Waals surface area contributed by atoms with Crippen molar-refractivity contribution in [2.75, 3.05) is 5.73 Å². The average Bonchev–Trinajstić information content (AvgIpc) is 3.17. The molecule has 0 saturated carbocycles. The molecule has 0 aliphatic rings. The molecule has 4 aromatic heterocycles. The number of nitrogens with zero attached hydrogens (tertiary/aromatic N) is 6. The van der Waals surface area contributed by atoms with Gasteiger partial charge in [-0.2, -0.15) is 5.10 Å². The first-order valence-corrected chi connectivity index (χ1v) is 11.1. The van der Waals surface area contributed by atoms with Gasteiger partial charge in [-0.15, -0.1) is 0 Å². The number of aliphatic hydroxyl groups excluding tert-OH is 1. The lowest BCUT2D eigenvalue weighted by Gasteiger charge is -2.16. The van der Waals surface area contributed by atoms with Crippen molar-refractivity contribution in [1.29, 1.82) is 0 Å². The van der Waals surface area contributed by atoms with Crippen LogP contribution < -0.4 is 11.3 Å². The van der Waals surface area contributed by atoms with Crippen LogP contribution in [0.2, 0.25) is 0 Å². The summed E-state index contributed by atoms with van der Waals surface area (Å²) in [5.41, 5.74) is 9.24. The lowest BCUT2D eigenvalue weighted by Crippen LogP contribution is -2.26. The highest BCUT2D eigenvalue weighted by atomic mass is 16.3. The van der Waals surface area contributed by atoms with Crippen LogP contribution in [0.15, 0.2) is 53.7 Å². The molecule has 5 aromatic rings. The van der Waals surface area contributed by atoms with Gasteiger partial charge >= 0.3 is 0 Å². The molecule has 4 heterocycles. The van der Waals surface area contributed by atoms with Crippen molar-refractivity contribution in [3.63, 3.8) is 0 Å². The third-order valence-electron chi connectivity index (χ3n) is 5.79. The third kappa shape index (κ3) is 3.90. The minimum absolute atomic E-state index is 0.155. The summed E-state index contributed by atoms with van der Waals surface area (Å²) in [6.07, 6.45) is 2.20. The number of aliphatic hydroxyl groups is 1. The number of hydrogen-bond acceptors (Lipinski definition) is 7. The van der Waals surface area contributed by atoms with Crippen LogP contribution in [-0.2, 0) is 6.54 Å². The van der Waals surface area contributed by atoms with E-state index in [0.29, 0.717) is 33.6 Å². The molecule has 1 atom stereocenters. The van der Waals surface area contributed by atoms with E-state index in [4.69, 9.17) is 5.73 Å². The maximum Gasteiger partial charge on any atom is 0.264 e. The maximum absolute atomic E-state index is 13.8. The number of hydrogen-bond donors (Lipinski definition) is 2. The van der Waals surface area contributed by atoms with Gasteiger partial charge < -0.3 is 10.8 Å². The van der Waals surface area contributed by atoms with E-state index in [1.807, 2.05) is 50.2 Å². The molecule has 0 aliphatic heterocycles. The van der Waals surface area contributed by atoms with E-state index in [1.54, 1.807) is 22.4 Å². The number of nitrogens with two attached hydrogens (primary N) is 1. The second-order valence-corrected chi connectivity index (χ2v) is 8.37. The lowest BCUT2D eigenvalue weighted by atomic mass is 10.1. The van der Waals surface area contributed by atoms with Gasteiger partial charge in [-0.3, -0.25) is 9.36 Å². The Morgan fingerprint density at radius 1 is 1.09 bits per heavy atom. The Kier molecular flexibility index (Phi) is 5.51. The van der Waals surface area contributed by atoms with Gasteiger partial charge in [0.25, 0.3) is 5.56 Å². The summed E-state index contributed by atoms with van der Waals surface area (Å²) in [6.45, 7) is 5.61. The predicted octanol–water partition coefficient (Wildman–Crippen LogP) is 2.51. The molecular formula is C26H23N7O2. The number of pyridine rings is 2. The fourth-order valence-corrected chi connectivity index (χ4v) is 4.20. The third-order valence-corrected chi connectivity index (χ3v) is 5.79. The number of fused-ring (bicyclic) bond motifs is 2. The van der Waals surface area contributed by atoms with Crippen LogP contribution in [0.1, 0.15) is 29.4 Å². The average molecular weight is 466 g/mol. The van der Waals surface area contributed by atoms with Crippen LogP contribution in [-0.4, -0.2) is 40.5 Å². The molecule has 0 radical (unpaired) electrons. The van der Waals surface area contributed by atoms with Crippen LogP contribution in [0.3, 0.4) is 0 Å². The molecule has 0 saturated heterocycles. The molecule has 35 heavy (non-hydrogen) atoms. The molecule has 174 valence electrons. The Balaban J connectivity index is 1.79. The van der Waals surface area contributed by atoms with Crippen molar-refractivity contribution in [3.8, 4) is 17.7 Å². The molecule has 0 aliphatic carbocycles. The normalized spacial score (nSPS) is 12.0. The Morgan fingerprint density at radius 2 is 1.89 bits per heavy atom. The number of aromatic nitrogens is 6. The molecular weight excluding hydrogens is 442 g/mol. The monoisotopic (exact) mass is 465 g/mol. The number of anilines is 1. The molecule has 0 unspecified atom stereocenters. The second kappa shape index (κ2) is 8.66. The van der Waals surface area contributed by atoms with Crippen molar-refractivity contribution in [2.45, 2.75) is 33.4 Å². The highest BCUT2D eigenvalue weighted by Gasteiger charge is 2.19. The summed E-state index contributed by atoms with van der Waals surface area (Å²) in [4.78, 5) is 26.8. The minimum atomic E-state index is -0.831. The van der Waals surface area contributed by atoms with Crippen LogP contribution in [0.25, 0.3) is 27.6 Å². The van der Waals surface area contributed by atoms with Crippen molar-refractivity contribution in [2.24, 2.45) is 0 Å².